The van der Waals surface area contributed by atoms with Crippen molar-refractivity contribution < 1.29 is 0 Å². The summed E-state index contributed by atoms with van der Waals surface area (Å²) in [4.78, 5) is 18.7. The number of benzene rings is 1. The summed E-state index contributed by atoms with van der Waals surface area (Å²) in [7, 11) is 0. The number of hydrogen-bond acceptors (Lipinski definition) is 4. The highest BCUT2D eigenvalue weighted by atomic mass is 16.3. The minimum atomic E-state index is 0.168. The Morgan fingerprint density at radius 3 is 2.53 bits per heavy atom. The smallest absolute Gasteiger partial charge is 0.200 e. The van der Waals surface area contributed by atoms with Gasteiger partial charge in [-0.3, -0.25) is 0 Å². The minimum absolute atomic E-state index is 0.168. The van der Waals surface area contributed by atoms with E-state index in [2.05, 4.69) is 15.1 Å². The van der Waals surface area contributed by atoms with E-state index >= 15 is 0 Å². The van der Waals surface area contributed by atoms with Crippen LogP contribution in [0.15, 0.2) is 41.6 Å². The Hall–Kier alpha value is -2.10. The molecule has 2 rings (SSSR count). The molecule has 0 N–H and O–H groups in total. The van der Waals surface area contributed by atoms with Gasteiger partial charge < -0.3 is 0 Å². The zero-order chi connectivity index (χ0) is 10.7. The third kappa shape index (κ3) is 2.04. The molecule has 0 bridgehead atoms. The molecule has 0 aliphatic carbocycles. The lowest BCUT2D eigenvalue weighted by atomic mass is 10.2. The predicted molar refractivity (Wildman–Crippen MR) is 57.7 cm³/mol. The number of aryl methyl sites for hydroxylation is 1. The van der Waals surface area contributed by atoms with Crippen LogP contribution in [0.3, 0.4) is 0 Å². The van der Waals surface area contributed by atoms with E-state index in [-0.39, 0.29) is 5.82 Å². The molecule has 15 heavy (non-hydrogen) atoms. The molecular weight excluding hydrogens is 190 g/mol. The number of hydrogen-bond donors (Lipinski definition) is 0. The van der Waals surface area contributed by atoms with Crippen molar-refractivity contribution in [1.82, 2.24) is 9.97 Å². The highest BCUT2D eigenvalue weighted by molar-refractivity contribution is 5.56. The van der Waals surface area contributed by atoms with Crippen molar-refractivity contribution >= 4 is 5.82 Å². The van der Waals surface area contributed by atoms with E-state index in [0.717, 1.165) is 11.3 Å². The summed E-state index contributed by atoms with van der Waals surface area (Å²) in [5, 5.41) is 2.82. The lowest BCUT2D eigenvalue weighted by molar-refractivity contribution is 1.10. The first-order valence-electron chi connectivity index (χ1n) is 4.54. The molecule has 4 nitrogen and oxygen atoms in total. The lowest BCUT2D eigenvalue weighted by Gasteiger charge is -2.01. The predicted octanol–water partition coefficient (Wildman–Crippen LogP) is 2.85. The Morgan fingerprint density at radius 2 is 1.87 bits per heavy atom. The number of nitroso groups, excluding NO2 is 1. The maximum atomic E-state index is 10.4. The number of nitrogens with zero attached hydrogens (tertiary/aromatic N) is 3. The van der Waals surface area contributed by atoms with Crippen molar-refractivity contribution in [2.75, 3.05) is 0 Å². The first-order valence-corrected chi connectivity index (χ1v) is 4.54. The van der Waals surface area contributed by atoms with Gasteiger partial charge in [-0.15, -0.1) is 4.91 Å². The molecular formula is C11H9N3O. The van der Waals surface area contributed by atoms with Crippen molar-refractivity contribution in [3.63, 3.8) is 0 Å². The first-order chi connectivity index (χ1) is 7.29. The van der Waals surface area contributed by atoms with E-state index in [1.165, 1.54) is 0 Å². The molecule has 0 saturated heterocycles. The van der Waals surface area contributed by atoms with Crippen molar-refractivity contribution in [2.45, 2.75) is 6.92 Å². The van der Waals surface area contributed by atoms with Crippen LogP contribution in [0.4, 0.5) is 5.82 Å². The van der Waals surface area contributed by atoms with Crippen LogP contribution in [0, 0.1) is 11.8 Å². The van der Waals surface area contributed by atoms with Crippen LogP contribution in [0.5, 0.6) is 0 Å². The second-order valence-electron chi connectivity index (χ2n) is 3.15. The van der Waals surface area contributed by atoms with Gasteiger partial charge in [0, 0.05) is 17.3 Å². The van der Waals surface area contributed by atoms with Crippen LogP contribution >= 0.6 is 0 Å². The topological polar surface area (TPSA) is 55.2 Å². The molecule has 0 unspecified atom stereocenters. The van der Waals surface area contributed by atoms with Gasteiger partial charge in [0.2, 0.25) is 0 Å². The van der Waals surface area contributed by atoms with E-state index in [9.17, 15) is 4.91 Å². The molecule has 0 atom stereocenters. The monoisotopic (exact) mass is 199 g/mol. The fraction of sp³-hybridized carbons (Fsp3) is 0.0909. The van der Waals surface area contributed by atoms with Gasteiger partial charge in [0.1, 0.15) is 0 Å². The quantitative estimate of drug-likeness (QED) is 0.699. The van der Waals surface area contributed by atoms with Crippen LogP contribution in [0.25, 0.3) is 11.4 Å². The largest absolute Gasteiger partial charge is 0.233 e. The van der Waals surface area contributed by atoms with Gasteiger partial charge in [-0.1, -0.05) is 30.3 Å². The Kier molecular flexibility index (Phi) is 2.49. The van der Waals surface area contributed by atoms with Crippen LogP contribution in [0.1, 0.15) is 5.69 Å². The molecule has 1 heterocycles. The summed E-state index contributed by atoms with van der Waals surface area (Å²) in [6.45, 7) is 1.81. The standard InChI is InChI=1S/C11H9N3O/c1-8-7-10(14-15)13-11(12-8)9-5-3-2-4-6-9/h2-7H,1H3. The van der Waals surface area contributed by atoms with Gasteiger partial charge in [-0.05, 0) is 12.1 Å². The average Bonchev–Trinajstić information content (AvgIpc) is 2.29. The minimum Gasteiger partial charge on any atom is -0.233 e. The first kappa shape index (κ1) is 9.45. The molecule has 0 radical (unpaired) electrons. The molecule has 4 heteroatoms. The molecule has 1 aromatic heterocycles. The van der Waals surface area contributed by atoms with Crippen molar-refractivity contribution in [3.8, 4) is 11.4 Å². The maximum absolute atomic E-state index is 10.4. The zero-order valence-electron chi connectivity index (χ0n) is 8.21. The average molecular weight is 199 g/mol. The molecule has 0 aliphatic rings. The molecule has 0 amide bonds. The second-order valence-corrected chi connectivity index (χ2v) is 3.15. The Morgan fingerprint density at radius 1 is 1.13 bits per heavy atom. The maximum Gasteiger partial charge on any atom is 0.200 e. The number of rotatable bonds is 2. The molecule has 74 valence electrons. The second kappa shape index (κ2) is 3.96. The summed E-state index contributed by atoms with van der Waals surface area (Å²) < 4.78 is 0. The lowest BCUT2D eigenvalue weighted by Crippen LogP contribution is -1.91. The van der Waals surface area contributed by atoms with Crippen molar-refractivity contribution in [1.29, 1.82) is 0 Å². The molecule has 2 aromatic rings. The van der Waals surface area contributed by atoms with Gasteiger partial charge in [-0.25, -0.2) is 9.97 Å². The van der Waals surface area contributed by atoms with Crippen molar-refractivity contribution in [3.05, 3.63) is 47.0 Å². The van der Waals surface area contributed by atoms with E-state index in [1.807, 2.05) is 37.3 Å². The van der Waals surface area contributed by atoms with Gasteiger partial charge in [-0.2, -0.15) is 0 Å². The third-order valence-electron chi connectivity index (χ3n) is 1.97. The van der Waals surface area contributed by atoms with Crippen LogP contribution in [-0.4, -0.2) is 9.97 Å². The molecule has 0 saturated carbocycles. The Bertz CT molecular complexity index is 482. The molecule has 0 spiro atoms. The Balaban J connectivity index is 2.53. The van der Waals surface area contributed by atoms with Gasteiger partial charge in [0.15, 0.2) is 11.6 Å². The summed E-state index contributed by atoms with van der Waals surface area (Å²) in [5.41, 5.74) is 1.62. The van der Waals surface area contributed by atoms with Crippen LogP contribution < -0.4 is 0 Å². The van der Waals surface area contributed by atoms with E-state index < -0.39 is 0 Å². The molecule has 0 aliphatic heterocycles. The van der Waals surface area contributed by atoms with Gasteiger partial charge >= 0.3 is 0 Å². The fourth-order valence-electron chi connectivity index (χ4n) is 1.32. The summed E-state index contributed by atoms with van der Waals surface area (Å²) in [5.74, 6) is 0.701. The summed E-state index contributed by atoms with van der Waals surface area (Å²) >= 11 is 0. The van der Waals surface area contributed by atoms with Crippen LogP contribution in [-0.2, 0) is 0 Å². The SMILES string of the molecule is Cc1cc(N=O)nc(-c2ccccc2)n1. The van der Waals surface area contributed by atoms with Crippen molar-refractivity contribution in [2.24, 2.45) is 5.18 Å². The summed E-state index contributed by atoms with van der Waals surface area (Å²) in [6, 6.07) is 11.1. The van der Waals surface area contributed by atoms with E-state index in [1.54, 1.807) is 6.07 Å². The Labute approximate surface area is 87.0 Å². The summed E-state index contributed by atoms with van der Waals surface area (Å²) in [6.07, 6.45) is 0. The normalized spacial score (nSPS) is 9.93. The van der Waals surface area contributed by atoms with E-state index in [0.29, 0.717) is 5.82 Å². The van der Waals surface area contributed by atoms with Gasteiger partial charge in [0.25, 0.3) is 0 Å². The zero-order valence-corrected chi connectivity index (χ0v) is 8.21. The number of aromatic nitrogens is 2. The fourth-order valence-corrected chi connectivity index (χ4v) is 1.32. The molecule has 0 fully saturated rings. The molecule has 1 aromatic carbocycles. The third-order valence-corrected chi connectivity index (χ3v) is 1.97. The van der Waals surface area contributed by atoms with Gasteiger partial charge in [0.05, 0.1) is 0 Å². The van der Waals surface area contributed by atoms with Crippen LogP contribution in [0.2, 0.25) is 0 Å². The highest BCUT2D eigenvalue weighted by Crippen LogP contribution is 2.18. The highest BCUT2D eigenvalue weighted by Gasteiger charge is 2.04. The van der Waals surface area contributed by atoms with E-state index in [4.69, 9.17) is 0 Å².